The first kappa shape index (κ1) is 19.4. The van der Waals surface area contributed by atoms with Crippen LogP contribution in [0.4, 0.5) is 4.39 Å². The molecule has 29 heavy (non-hydrogen) atoms. The maximum Gasteiger partial charge on any atom is 0.294 e. The molecule has 2 aromatic rings. The highest BCUT2D eigenvalue weighted by atomic mass is 35.5. The van der Waals surface area contributed by atoms with Gasteiger partial charge in [0.2, 0.25) is 0 Å². The van der Waals surface area contributed by atoms with Crippen LogP contribution in [0.1, 0.15) is 38.4 Å². The van der Waals surface area contributed by atoms with E-state index in [1.54, 1.807) is 7.05 Å². The molecular weight excluding hydrogens is 401 g/mol. The topological polar surface area (TPSA) is 82.8 Å². The molecule has 4 rings (SSSR count). The zero-order chi connectivity index (χ0) is 20.9. The summed E-state index contributed by atoms with van der Waals surface area (Å²) in [5.74, 6) is -2.05. The third-order valence-corrected chi connectivity index (χ3v) is 5.75. The molecule has 1 N–H and O–H groups in total. The normalized spacial score (nSPS) is 16.5. The van der Waals surface area contributed by atoms with Crippen LogP contribution in [0.5, 0.6) is 5.75 Å². The van der Waals surface area contributed by atoms with Crippen molar-refractivity contribution in [3.8, 4) is 5.75 Å². The number of aromatic hydroxyl groups is 1. The average Bonchev–Trinajstić information content (AvgIpc) is 2.83. The number of benzene rings is 1. The van der Waals surface area contributed by atoms with E-state index in [9.17, 15) is 23.9 Å². The third kappa shape index (κ3) is 3.17. The van der Waals surface area contributed by atoms with Gasteiger partial charge in [-0.05, 0) is 30.5 Å². The Hall–Kier alpha value is -2.87. The van der Waals surface area contributed by atoms with E-state index in [1.807, 2.05) is 0 Å². The van der Waals surface area contributed by atoms with Gasteiger partial charge in [0.1, 0.15) is 11.5 Å². The van der Waals surface area contributed by atoms with E-state index < -0.39 is 23.0 Å². The summed E-state index contributed by atoms with van der Waals surface area (Å²) in [7, 11) is 1.65. The van der Waals surface area contributed by atoms with E-state index in [0.29, 0.717) is 43.6 Å². The van der Waals surface area contributed by atoms with Crippen molar-refractivity contribution in [3.63, 3.8) is 0 Å². The van der Waals surface area contributed by atoms with Gasteiger partial charge in [-0.3, -0.25) is 14.4 Å². The minimum atomic E-state index is -0.734. The van der Waals surface area contributed by atoms with Gasteiger partial charge in [0, 0.05) is 38.8 Å². The van der Waals surface area contributed by atoms with Gasteiger partial charge < -0.3 is 19.5 Å². The lowest BCUT2D eigenvalue weighted by Gasteiger charge is -2.31. The lowest BCUT2D eigenvalue weighted by atomic mass is 9.95. The molecule has 0 atom stereocenters. The summed E-state index contributed by atoms with van der Waals surface area (Å²) in [5.41, 5.74) is 0.349. The second-order valence-corrected chi connectivity index (χ2v) is 7.72. The van der Waals surface area contributed by atoms with Crippen LogP contribution in [0.15, 0.2) is 23.0 Å². The monoisotopic (exact) mass is 419 g/mol. The van der Waals surface area contributed by atoms with Crippen LogP contribution in [-0.4, -0.2) is 51.4 Å². The van der Waals surface area contributed by atoms with Crippen LogP contribution in [0.2, 0.25) is 5.02 Å². The Morgan fingerprint density at radius 3 is 2.62 bits per heavy atom. The second-order valence-electron chi connectivity index (χ2n) is 7.31. The van der Waals surface area contributed by atoms with Crippen LogP contribution >= 0.6 is 11.6 Å². The van der Waals surface area contributed by atoms with Gasteiger partial charge in [-0.15, -0.1) is 0 Å². The minimum absolute atomic E-state index is 0.0487. The molecule has 1 aromatic carbocycles. The highest BCUT2D eigenvalue weighted by Crippen LogP contribution is 2.30. The molecule has 9 heteroatoms. The second kappa shape index (κ2) is 7.18. The van der Waals surface area contributed by atoms with Gasteiger partial charge in [-0.1, -0.05) is 17.7 Å². The van der Waals surface area contributed by atoms with Crippen LogP contribution < -0.4 is 5.56 Å². The molecule has 7 nitrogen and oxygen atoms in total. The van der Waals surface area contributed by atoms with Crippen molar-refractivity contribution in [2.24, 2.45) is 0 Å². The van der Waals surface area contributed by atoms with Crippen LogP contribution in [0.3, 0.4) is 0 Å². The number of halogens is 2. The molecule has 2 amide bonds. The van der Waals surface area contributed by atoms with Gasteiger partial charge in [-0.25, -0.2) is 4.39 Å². The summed E-state index contributed by atoms with van der Waals surface area (Å²) in [6.07, 6.45) is 0.900. The van der Waals surface area contributed by atoms with Gasteiger partial charge in [0.15, 0.2) is 5.75 Å². The minimum Gasteiger partial charge on any atom is -0.502 e. The summed E-state index contributed by atoms with van der Waals surface area (Å²) in [5, 5.41) is 10.5. The summed E-state index contributed by atoms with van der Waals surface area (Å²) >= 11 is 5.81. The quantitative estimate of drug-likeness (QED) is 0.807. The number of carbonyl (C=O) groups is 2. The van der Waals surface area contributed by atoms with Gasteiger partial charge in [0.25, 0.3) is 17.4 Å². The predicted octanol–water partition coefficient (Wildman–Crippen LogP) is 2.02. The van der Waals surface area contributed by atoms with Crippen molar-refractivity contribution in [2.75, 3.05) is 20.1 Å². The van der Waals surface area contributed by atoms with E-state index in [0.717, 1.165) is 0 Å². The molecule has 0 aliphatic carbocycles. The van der Waals surface area contributed by atoms with Crippen LogP contribution in [0, 0.1) is 5.82 Å². The Labute approximate surface area is 170 Å². The molecule has 0 saturated heterocycles. The smallest absolute Gasteiger partial charge is 0.294 e. The van der Waals surface area contributed by atoms with Crippen molar-refractivity contribution in [2.45, 2.75) is 25.9 Å². The van der Waals surface area contributed by atoms with Crippen molar-refractivity contribution >= 4 is 23.4 Å². The standard InChI is InChI=1S/C20H19ClFN3O4/c1-23-6-2-7-25-16(19(23)28)12-5-8-24(18(27)15(12)17(26)20(25)29)10-11-3-4-14(22)13(21)9-11/h3-4,9,26H,2,5-8,10H2,1H3. The number of hydrogen-bond acceptors (Lipinski definition) is 4. The number of nitrogens with zero attached hydrogens (tertiary/aromatic N) is 3. The number of aromatic nitrogens is 1. The maximum absolute atomic E-state index is 13.4. The molecule has 2 aliphatic heterocycles. The Morgan fingerprint density at radius 2 is 1.90 bits per heavy atom. The van der Waals surface area contributed by atoms with E-state index in [-0.39, 0.29) is 28.7 Å². The Morgan fingerprint density at radius 1 is 1.14 bits per heavy atom. The maximum atomic E-state index is 13.4. The van der Waals surface area contributed by atoms with Crippen LogP contribution in [0.25, 0.3) is 0 Å². The molecule has 0 bridgehead atoms. The van der Waals surface area contributed by atoms with E-state index >= 15 is 0 Å². The molecule has 0 radical (unpaired) electrons. The van der Waals surface area contributed by atoms with Crippen molar-refractivity contribution < 1.29 is 19.1 Å². The molecule has 1 aromatic heterocycles. The van der Waals surface area contributed by atoms with Gasteiger partial charge >= 0.3 is 0 Å². The lowest BCUT2D eigenvalue weighted by Crippen LogP contribution is -2.42. The lowest BCUT2D eigenvalue weighted by molar-refractivity contribution is 0.0720. The van der Waals surface area contributed by atoms with E-state index in [1.165, 1.54) is 32.6 Å². The molecule has 0 saturated carbocycles. The fourth-order valence-electron chi connectivity index (χ4n) is 3.96. The summed E-state index contributed by atoms with van der Waals surface area (Å²) in [6.45, 7) is 1.23. The predicted molar refractivity (Wildman–Crippen MR) is 104 cm³/mol. The molecular formula is C20H19ClFN3O4. The Balaban J connectivity index is 1.77. The Kier molecular flexibility index (Phi) is 4.82. The first-order valence-corrected chi connectivity index (χ1v) is 9.64. The zero-order valence-electron chi connectivity index (χ0n) is 15.7. The molecule has 2 aliphatic rings. The van der Waals surface area contributed by atoms with Crippen molar-refractivity contribution in [1.82, 2.24) is 14.4 Å². The van der Waals surface area contributed by atoms with E-state index in [4.69, 9.17) is 11.6 Å². The van der Waals surface area contributed by atoms with E-state index in [2.05, 4.69) is 0 Å². The molecule has 0 unspecified atom stereocenters. The van der Waals surface area contributed by atoms with Gasteiger partial charge in [0.05, 0.1) is 10.6 Å². The largest absolute Gasteiger partial charge is 0.502 e. The molecule has 152 valence electrons. The number of fused-ring (bicyclic) bond motifs is 3. The van der Waals surface area contributed by atoms with Crippen molar-refractivity contribution in [3.05, 3.63) is 61.8 Å². The summed E-state index contributed by atoms with van der Waals surface area (Å²) in [6, 6.07) is 4.18. The van der Waals surface area contributed by atoms with Crippen molar-refractivity contribution in [1.29, 1.82) is 0 Å². The molecule has 0 fully saturated rings. The highest BCUT2D eigenvalue weighted by Gasteiger charge is 2.36. The molecule has 0 spiro atoms. The Bertz CT molecular complexity index is 1100. The molecule has 3 heterocycles. The number of hydrogen-bond donors (Lipinski definition) is 1. The third-order valence-electron chi connectivity index (χ3n) is 5.46. The summed E-state index contributed by atoms with van der Waals surface area (Å²) < 4.78 is 14.7. The first-order chi connectivity index (χ1) is 13.8. The van der Waals surface area contributed by atoms with Gasteiger partial charge in [-0.2, -0.15) is 0 Å². The fraction of sp³-hybridized carbons (Fsp3) is 0.350. The van der Waals surface area contributed by atoms with Crippen LogP contribution in [-0.2, 0) is 19.5 Å². The number of amides is 2. The average molecular weight is 420 g/mol. The summed E-state index contributed by atoms with van der Waals surface area (Å²) in [4.78, 5) is 41.6. The number of carbonyl (C=O) groups excluding carboxylic acids is 2. The highest BCUT2D eigenvalue weighted by molar-refractivity contribution is 6.30. The first-order valence-electron chi connectivity index (χ1n) is 9.27. The number of rotatable bonds is 2. The fourth-order valence-corrected chi connectivity index (χ4v) is 4.16. The number of pyridine rings is 1. The SMILES string of the molecule is CN1CCCn2c(c3c(c(O)c2=O)C(=O)N(Cc2ccc(F)c(Cl)c2)CC3)C1=O. The zero-order valence-corrected chi connectivity index (χ0v) is 16.5.